The van der Waals surface area contributed by atoms with E-state index in [-0.39, 0.29) is 18.3 Å². The molecule has 1 aliphatic heterocycles. The van der Waals surface area contributed by atoms with Gasteiger partial charge in [-0.1, -0.05) is 12.1 Å². The van der Waals surface area contributed by atoms with Crippen LogP contribution in [0.2, 0.25) is 0 Å². The molecule has 0 unspecified atom stereocenters. The summed E-state index contributed by atoms with van der Waals surface area (Å²) in [6.07, 6.45) is 0.939. The van der Waals surface area contributed by atoms with Crippen molar-refractivity contribution in [1.82, 2.24) is 20.3 Å². The number of hydrogen-bond acceptors (Lipinski definition) is 6. The van der Waals surface area contributed by atoms with Gasteiger partial charge in [-0.15, -0.1) is 12.4 Å². The number of benzene rings is 2. The lowest BCUT2D eigenvalue weighted by Crippen LogP contribution is -2.53. The number of H-pyrrole nitrogens is 1. The zero-order chi connectivity index (χ0) is 23.4. The zero-order valence-corrected chi connectivity index (χ0v) is 21.0. The fourth-order valence-electron chi connectivity index (χ4n) is 4.42. The summed E-state index contributed by atoms with van der Waals surface area (Å²) in [5.41, 5.74) is 7.09. The number of ether oxygens (including phenoxy) is 3. The lowest BCUT2D eigenvalue weighted by atomic mass is 10.1. The average Bonchev–Trinajstić information content (AvgIpc) is 3.16. The number of carbonyl (C=O) groups excluding carboxylic acids is 1. The maximum atomic E-state index is 12.6. The van der Waals surface area contributed by atoms with Crippen LogP contribution in [0.1, 0.15) is 21.6 Å². The zero-order valence-electron chi connectivity index (χ0n) is 20.1. The van der Waals surface area contributed by atoms with Crippen molar-refractivity contribution in [3.63, 3.8) is 0 Å². The maximum Gasteiger partial charge on any atom is 0.269 e. The number of para-hydroxylation sites is 1. The Labute approximate surface area is 206 Å². The first-order valence-corrected chi connectivity index (χ1v) is 11.2. The number of hydrogen-bond donors (Lipinski definition) is 2. The van der Waals surface area contributed by atoms with Crippen molar-refractivity contribution in [3.05, 3.63) is 53.2 Å². The van der Waals surface area contributed by atoms with Crippen molar-refractivity contribution in [3.8, 4) is 17.2 Å². The fourth-order valence-corrected chi connectivity index (χ4v) is 4.42. The smallest absolute Gasteiger partial charge is 0.269 e. The van der Waals surface area contributed by atoms with Gasteiger partial charge in [0, 0.05) is 55.4 Å². The van der Waals surface area contributed by atoms with Gasteiger partial charge in [0.2, 0.25) is 0 Å². The van der Waals surface area contributed by atoms with Crippen LogP contribution in [0.4, 0.5) is 0 Å². The summed E-state index contributed by atoms with van der Waals surface area (Å²) in [4.78, 5) is 18.6. The lowest BCUT2D eigenvalue weighted by molar-refractivity contribution is 0.0619. The number of hydrazine groups is 1. The van der Waals surface area contributed by atoms with Gasteiger partial charge < -0.3 is 24.1 Å². The Morgan fingerprint density at radius 2 is 1.62 bits per heavy atom. The molecule has 1 amide bonds. The number of aromatic amines is 1. The molecule has 1 fully saturated rings. The number of amides is 1. The third kappa shape index (κ3) is 5.41. The van der Waals surface area contributed by atoms with Crippen LogP contribution in [-0.2, 0) is 6.42 Å². The number of nitrogens with zero attached hydrogens (tertiary/aromatic N) is 2. The summed E-state index contributed by atoms with van der Waals surface area (Å²) in [5.74, 6) is 1.91. The molecule has 0 atom stereocenters. The standard InChI is InChI=1S/C25H32N4O4.ClH/c1-17-18(20-15-23(32-3)24(33-4)16-21(20)26-17)9-10-28-11-13-29(14-12-28)27-25(30)19-7-5-6-8-22(19)31-2;/h5-8,15-16,26H,9-14H2,1-4H3,(H,27,30);1H. The number of nitrogens with one attached hydrogen (secondary N) is 2. The fraction of sp³-hybridized carbons (Fsp3) is 0.400. The predicted molar refractivity (Wildman–Crippen MR) is 136 cm³/mol. The topological polar surface area (TPSA) is 79.1 Å². The van der Waals surface area contributed by atoms with Gasteiger partial charge in [0.1, 0.15) is 5.75 Å². The molecule has 8 nitrogen and oxygen atoms in total. The second kappa shape index (κ2) is 11.5. The number of rotatable bonds is 8. The molecule has 1 saturated heterocycles. The predicted octanol–water partition coefficient (Wildman–Crippen LogP) is 3.43. The largest absolute Gasteiger partial charge is 0.496 e. The van der Waals surface area contributed by atoms with Crippen LogP contribution in [0.15, 0.2) is 36.4 Å². The molecule has 0 radical (unpaired) electrons. The monoisotopic (exact) mass is 488 g/mol. The molecular weight excluding hydrogens is 456 g/mol. The SMILES string of the molecule is COc1cc2[nH]c(C)c(CCN3CCN(NC(=O)c4ccccc4OC)CC3)c2cc1OC.Cl. The van der Waals surface area contributed by atoms with Gasteiger partial charge in [-0.2, -0.15) is 0 Å². The molecule has 4 rings (SSSR count). The van der Waals surface area contributed by atoms with E-state index in [0.29, 0.717) is 11.3 Å². The van der Waals surface area contributed by atoms with Crippen molar-refractivity contribution in [2.45, 2.75) is 13.3 Å². The minimum absolute atomic E-state index is 0. The molecule has 0 bridgehead atoms. The number of fused-ring (bicyclic) bond motifs is 1. The molecular formula is C25H33ClN4O4. The molecule has 0 aliphatic carbocycles. The van der Waals surface area contributed by atoms with Crippen LogP contribution < -0.4 is 19.6 Å². The van der Waals surface area contributed by atoms with E-state index in [1.165, 1.54) is 16.6 Å². The summed E-state index contributed by atoms with van der Waals surface area (Å²) in [7, 11) is 4.89. The molecule has 3 aromatic rings. The van der Waals surface area contributed by atoms with E-state index in [1.54, 1.807) is 33.5 Å². The van der Waals surface area contributed by atoms with E-state index in [2.05, 4.69) is 28.3 Å². The van der Waals surface area contributed by atoms with Crippen molar-refractivity contribution in [2.24, 2.45) is 0 Å². The Morgan fingerprint density at radius 3 is 2.29 bits per heavy atom. The highest BCUT2D eigenvalue weighted by Gasteiger charge is 2.21. The highest BCUT2D eigenvalue weighted by molar-refractivity contribution is 5.96. The first-order chi connectivity index (χ1) is 16.0. The van der Waals surface area contributed by atoms with E-state index >= 15 is 0 Å². The third-order valence-electron chi connectivity index (χ3n) is 6.29. The highest BCUT2D eigenvalue weighted by Crippen LogP contribution is 2.34. The van der Waals surface area contributed by atoms with Crippen LogP contribution in [0.3, 0.4) is 0 Å². The number of carbonyl (C=O) groups is 1. The highest BCUT2D eigenvalue weighted by atomic mass is 35.5. The summed E-state index contributed by atoms with van der Waals surface area (Å²) < 4.78 is 16.2. The minimum Gasteiger partial charge on any atom is -0.496 e. The van der Waals surface area contributed by atoms with Crippen molar-refractivity contribution < 1.29 is 19.0 Å². The van der Waals surface area contributed by atoms with E-state index in [9.17, 15) is 4.79 Å². The van der Waals surface area contributed by atoms with Crippen LogP contribution in [0, 0.1) is 6.92 Å². The van der Waals surface area contributed by atoms with Crippen LogP contribution >= 0.6 is 12.4 Å². The summed E-state index contributed by atoms with van der Waals surface area (Å²) in [6, 6.07) is 11.3. The lowest BCUT2D eigenvalue weighted by Gasteiger charge is -2.34. The molecule has 2 heterocycles. The van der Waals surface area contributed by atoms with E-state index in [1.807, 2.05) is 23.2 Å². The summed E-state index contributed by atoms with van der Waals surface area (Å²) in [5, 5.41) is 3.16. The van der Waals surface area contributed by atoms with E-state index in [4.69, 9.17) is 14.2 Å². The Hall–Kier alpha value is -2.94. The number of aryl methyl sites for hydroxylation is 1. The van der Waals surface area contributed by atoms with Crippen molar-refractivity contribution in [1.29, 1.82) is 0 Å². The first kappa shape index (κ1) is 25.7. The van der Waals surface area contributed by atoms with Crippen LogP contribution in [0.5, 0.6) is 17.2 Å². The number of aromatic nitrogens is 1. The Morgan fingerprint density at radius 1 is 0.971 bits per heavy atom. The van der Waals surface area contributed by atoms with Crippen molar-refractivity contribution >= 4 is 29.2 Å². The summed E-state index contributed by atoms with van der Waals surface area (Å²) in [6.45, 7) is 6.41. The maximum absolute atomic E-state index is 12.6. The number of methoxy groups -OCH3 is 3. The van der Waals surface area contributed by atoms with Gasteiger partial charge in [-0.3, -0.25) is 10.2 Å². The molecule has 1 aromatic heterocycles. The molecule has 1 aliphatic rings. The number of halogens is 1. The number of piperazine rings is 1. The average molecular weight is 489 g/mol. The summed E-state index contributed by atoms with van der Waals surface area (Å²) >= 11 is 0. The normalized spacial score (nSPS) is 14.5. The molecule has 0 spiro atoms. The van der Waals surface area contributed by atoms with Crippen molar-refractivity contribution in [2.75, 3.05) is 54.1 Å². The van der Waals surface area contributed by atoms with E-state index in [0.717, 1.165) is 56.2 Å². The van der Waals surface area contributed by atoms with Gasteiger partial charge >= 0.3 is 0 Å². The molecule has 184 valence electrons. The Kier molecular flexibility index (Phi) is 8.66. The molecule has 34 heavy (non-hydrogen) atoms. The second-order valence-electron chi connectivity index (χ2n) is 8.20. The Balaban J connectivity index is 0.00000324. The van der Waals surface area contributed by atoms with Gasteiger partial charge in [0.15, 0.2) is 11.5 Å². The molecule has 9 heteroatoms. The second-order valence-corrected chi connectivity index (χ2v) is 8.20. The Bertz CT molecular complexity index is 1130. The minimum atomic E-state index is -0.139. The van der Waals surface area contributed by atoms with Gasteiger partial charge in [0.05, 0.1) is 26.9 Å². The molecule has 2 N–H and O–H groups in total. The first-order valence-electron chi connectivity index (χ1n) is 11.2. The van der Waals surface area contributed by atoms with Gasteiger partial charge in [-0.05, 0) is 37.1 Å². The van der Waals surface area contributed by atoms with E-state index < -0.39 is 0 Å². The van der Waals surface area contributed by atoms with Crippen LogP contribution in [0.25, 0.3) is 10.9 Å². The third-order valence-corrected chi connectivity index (χ3v) is 6.29. The molecule has 0 saturated carbocycles. The quantitative estimate of drug-likeness (QED) is 0.506. The van der Waals surface area contributed by atoms with Gasteiger partial charge in [0.25, 0.3) is 5.91 Å². The van der Waals surface area contributed by atoms with Crippen LogP contribution in [-0.4, -0.2) is 74.9 Å². The van der Waals surface area contributed by atoms with Gasteiger partial charge in [-0.25, -0.2) is 5.01 Å². The molecule has 2 aromatic carbocycles.